The summed E-state index contributed by atoms with van der Waals surface area (Å²) in [6.45, 7) is 5.62. The molecule has 0 saturated carbocycles. The summed E-state index contributed by atoms with van der Waals surface area (Å²) >= 11 is 7.26. The summed E-state index contributed by atoms with van der Waals surface area (Å²) in [4.78, 5) is 27.0. The quantitative estimate of drug-likeness (QED) is 0.740. The van der Waals surface area contributed by atoms with Crippen LogP contribution in [-0.2, 0) is 14.3 Å². The molecule has 0 radical (unpaired) electrons. The van der Waals surface area contributed by atoms with Gasteiger partial charge in [-0.1, -0.05) is 23.7 Å². The summed E-state index contributed by atoms with van der Waals surface area (Å²) in [5, 5.41) is 5.81. The van der Waals surface area contributed by atoms with E-state index >= 15 is 0 Å². The molecule has 6 nitrogen and oxygen atoms in total. The van der Waals surface area contributed by atoms with Gasteiger partial charge in [0.2, 0.25) is 5.91 Å². The number of rotatable bonds is 5. The fraction of sp³-hybridized carbons (Fsp3) is 0.400. The van der Waals surface area contributed by atoms with Crippen LogP contribution in [0.25, 0.3) is 11.1 Å². The lowest BCUT2D eigenvalue weighted by Gasteiger charge is -2.34. The Morgan fingerprint density at radius 3 is 2.50 bits per heavy atom. The van der Waals surface area contributed by atoms with E-state index < -0.39 is 5.97 Å². The number of benzene rings is 1. The highest BCUT2D eigenvalue weighted by molar-refractivity contribution is 7.15. The van der Waals surface area contributed by atoms with Crippen molar-refractivity contribution in [1.82, 2.24) is 4.90 Å². The first-order chi connectivity index (χ1) is 13.4. The highest BCUT2D eigenvalue weighted by Crippen LogP contribution is 2.36. The molecule has 2 atom stereocenters. The number of carbonyl (C=O) groups is 2. The first kappa shape index (κ1) is 20.8. The van der Waals surface area contributed by atoms with Crippen LogP contribution in [0.4, 0.5) is 5.00 Å². The van der Waals surface area contributed by atoms with Crippen LogP contribution in [0.1, 0.15) is 24.2 Å². The molecule has 1 aliphatic heterocycles. The van der Waals surface area contributed by atoms with E-state index in [2.05, 4.69) is 10.2 Å². The zero-order valence-electron chi connectivity index (χ0n) is 16.0. The maximum Gasteiger partial charge on any atom is 0.341 e. The van der Waals surface area contributed by atoms with E-state index in [0.717, 1.165) is 5.56 Å². The maximum atomic E-state index is 12.6. The number of esters is 1. The van der Waals surface area contributed by atoms with Crippen LogP contribution < -0.4 is 5.32 Å². The fourth-order valence-electron chi connectivity index (χ4n) is 3.38. The molecule has 1 amide bonds. The molecule has 2 aromatic rings. The number of nitrogens with one attached hydrogen (secondary N) is 1. The number of thiophene rings is 1. The number of anilines is 1. The highest BCUT2D eigenvalue weighted by Gasteiger charge is 2.26. The lowest BCUT2D eigenvalue weighted by atomic mass is 10.0. The lowest BCUT2D eigenvalue weighted by molar-refractivity contribution is -0.121. The van der Waals surface area contributed by atoms with Gasteiger partial charge in [0.05, 0.1) is 25.9 Å². The van der Waals surface area contributed by atoms with E-state index in [9.17, 15) is 9.59 Å². The predicted octanol–water partition coefficient (Wildman–Crippen LogP) is 3.90. The summed E-state index contributed by atoms with van der Waals surface area (Å²) in [6, 6.07) is 7.18. The molecule has 1 aromatic carbocycles. The second-order valence-corrected chi connectivity index (χ2v) is 8.17. The van der Waals surface area contributed by atoms with Gasteiger partial charge in [-0.15, -0.1) is 11.3 Å². The SMILES string of the molecule is COC(=O)c1c(-c2ccc(Cl)cc2)csc1NC(=O)CN1CC(C)OC(C)C1. The van der Waals surface area contributed by atoms with Crippen molar-refractivity contribution >= 4 is 39.8 Å². The van der Waals surface area contributed by atoms with Crippen molar-refractivity contribution in [3.05, 3.63) is 40.2 Å². The van der Waals surface area contributed by atoms with Gasteiger partial charge >= 0.3 is 5.97 Å². The summed E-state index contributed by atoms with van der Waals surface area (Å²) < 4.78 is 10.6. The van der Waals surface area contributed by atoms with Crippen LogP contribution in [0.5, 0.6) is 0 Å². The average Bonchev–Trinajstić information content (AvgIpc) is 3.04. The minimum Gasteiger partial charge on any atom is -0.465 e. The fourth-order valence-corrected chi connectivity index (χ4v) is 4.48. The molecule has 8 heteroatoms. The van der Waals surface area contributed by atoms with E-state index in [1.807, 2.05) is 31.4 Å². The van der Waals surface area contributed by atoms with Gasteiger partial charge in [0.25, 0.3) is 0 Å². The van der Waals surface area contributed by atoms with Crippen LogP contribution >= 0.6 is 22.9 Å². The molecule has 3 rings (SSSR count). The Morgan fingerprint density at radius 1 is 1.25 bits per heavy atom. The third kappa shape index (κ3) is 4.91. The van der Waals surface area contributed by atoms with Gasteiger partial charge in [-0.3, -0.25) is 9.69 Å². The molecule has 1 fully saturated rings. The molecule has 0 spiro atoms. The second kappa shape index (κ2) is 9.05. The third-order valence-electron chi connectivity index (χ3n) is 4.45. The predicted molar refractivity (Wildman–Crippen MR) is 111 cm³/mol. The number of methoxy groups -OCH3 is 1. The minimum atomic E-state index is -0.491. The van der Waals surface area contributed by atoms with Crippen molar-refractivity contribution in [3.63, 3.8) is 0 Å². The molecule has 2 unspecified atom stereocenters. The zero-order valence-corrected chi connectivity index (χ0v) is 17.6. The molecular formula is C20H23ClN2O4S. The Morgan fingerprint density at radius 2 is 1.89 bits per heavy atom. The number of ether oxygens (including phenoxy) is 2. The molecule has 1 aromatic heterocycles. The Bertz CT molecular complexity index is 842. The number of hydrogen-bond donors (Lipinski definition) is 1. The summed E-state index contributed by atoms with van der Waals surface area (Å²) in [6.07, 6.45) is 0.167. The van der Waals surface area contributed by atoms with Crippen molar-refractivity contribution in [3.8, 4) is 11.1 Å². The molecule has 150 valence electrons. The second-order valence-electron chi connectivity index (χ2n) is 6.85. The first-order valence-electron chi connectivity index (χ1n) is 9.00. The molecular weight excluding hydrogens is 400 g/mol. The van der Waals surface area contributed by atoms with Crippen molar-refractivity contribution in [2.24, 2.45) is 0 Å². The number of halogens is 1. The van der Waals surface area contributed by atoms with E-state index in [1.165, 1.54) is 18.4 Å². The Labute approximate surface area is 173 Å². The third-order valence-corrected chi connectivity index (χ3v) is 5.60. The van der Waals surface area contributed by atoms with Gasteiger partial charge in [-0.25, -0.2) is 4.79 Å². The van der Waals surface area contributed by atoms with Crippen LogP contribution in [0.3, 0.4) is 0 Å². The van der Waals surface area contributed by atoms with Crippen molar-refractivity contribution < 1.29 is 19.1 Å². The molecule has 0 bridgehead atoms. The number of carbonyl (C=O) groups excluding carboxylic acids is 2. The van der Waals surface area contributed by atoms with Gasteiger partial charge < -0.3 is 14.8 Å². The van der Waals surface area contributed by atoms with Gasteiger partial charge in [0.15, 0.2) is 0 Å². The Balaban J connectivity index is 1.78. The lowest BCUT2D eigenvalue weighted by Crippen LogP contribution is -2.48. The van der Waals surface area contributed by atoms with E-state index in [-0.39, 0.29) is 24.7 Å². The smallest absolute Gasteiger partial charge is 0.341 e. The largest absolute Gasteiger partial charge is 0.465 e. The summed E-state index contributed by atoms with van der Waals surface area (Å²) in [5.74, 6) is -0.661. The van der Waals surface area contributed by atoms with Crippen molar-refractivity contribution in [2.45, 2.75) is 26.1 Å². The number of nitrogens with zero attached hydrogens (tertiary/aromatic N) is 1. The average molecular weight is 423 g/mol. The van der Waals surface area contributed by atoms with Crippen molar-refractivity contribution in [1.29, 1.82) is 0 Å². The van der Waals surface area contributed by atoms with Crippen LogP contribution in [0.2, 0.25) is 5.02 Å². The summed E-state index contributed by atoms with van der Waals surface area (Å²) in [7, 11) is 1.33. The monoisotopic (exact) mass is 422 g/mol. The van der Waals surface area contributed by atoms with E-state index in [4.69, 9.17) is 21.1 Å². The van der Waals surface area contributed by atoms with E-state index in [1.54, 1.807) is 12.1 Å². The maximum absolute atomic E-state index is 12.6. The van der Waals surface area contributed by atoms with Gasteiger partial charge in [-0.2, -0.15) is 0 Å². The van der Waals surface area contributed by atoms with Crippen LogP contribution in [0, 0.1) is 0 Å². The molecule has 1 saturated heterocycles. The topological polar surface area (TPSA) is 67.9 Å². The normalized spacial score (nSPS) is 20.0. The van der Waals surface area contributed by atoms with Crippen molar-refractivity contribution in [2.75, 3.05) is 32.1 Å². The van der Waals surface area contributed by atoms with Crippen LogP contribution in [-0.4, -0.2) is 55.7 Å². The van der Waals surface area contributed by atoms with Gasteiger partial charge in [0, 0.05) is 29.1 Å². The van der Waals surface area contributed by atoms with E-state index in [0.29, 0.717) is 34.2 Å². The summed E-state index contributed by atoms with van der Waals surface area (Å²) in [5.41, 5.74) is 1.89. The number of morpholine rings is 1. The Kier molecular flexibility index (Phi) is 6.72. The molecule has 1 aliphatic rings. The first-order valence-corrected chi connectivity index (χ1v) is 10.3. The number of hydrogen-bond acceptors (Lipinski definition) is 6. The minimum absolute atomic E-state index is 0.0837. The molecule has 1 N–H and O–H groups in total. The highest BCUT2D eigenvalue weighted by atomic mass is 35.5. The standard InChI is InChI=1S/C20H23ClN2O4S/c1-12-8-23(9-13(2)27-12)10-17(24)22-19-18(20(25)26-3)16(11-28-19)14-4-6-15(21)7-5-14/h4-7,11-13H,8-10H2,1-3H3,(H,22,24). The Hall–Kier alpha value is -1.93. The number of amides is 1. The van der Waals surface area contributed by atoms with Gasteiger partial charge in [-0.05, 0) is 31.5 Å². The molecule has 28 heavy (non-hydrogen) atoms. The molecule has 0 aliphatic carbocycles. The van der Waals surface area contributed by atoms with Crippen LogP contribution in [0.15, 0.2) is 29.6 Å². The molecule has 2 heterocycles. The van der Waals surface area contributed by atoms with Gasteiger partial charge in [0.1, 0.15) is 10.6 Å². The zero-order chi connectivity index (χ0) is 20.3.